The van der Waals surface area contributed by atoms with Crippen molar-refractivity contribution in [2.75, 3.05) is 5.75 Å². The van der Waals surface area contributed by atoms with Gasteiger partial charge in [-0.3, -0.25) is 9.36 Å². The van der Waals surface area contributed by atoms with Crippen LogP contribution in [0.4, 0.5) is 0 Å². The van der Waals surface area contributed by atoms with Crippen molar-refractivity contribution in [2.24, 2.45) is 0 Å². The Balaban J connectivity index is 1.64. The summed E-state index contributed by atoms with van der Waals surface area (Å²) in [6.07, 6.45) is 0. The minimum Gasteiger partial charge on any atom is -0.351 e. The molecule has 0 saturated heterocycles. The average Bonchev–Trinajstić information content (AvgIpc) is 3.00. The summed E-state index contributed by atoms with van der Waals surface area (Å²) in [5.74, 6) is 1.09. The molecule has 2 aromatic carbocycles. The lowest BCUT2D eigenvalue weighted by molar-refractivity contribution is -0.118. The number of rotatable bonds is 6. The summed E-state index contributed by atoms with van der Waals surface area (Å²) in [5, 5.41) is 12.0. The third-order valence-corrected chi connectivity index (χ3v) is 4.75. The third kappa shape index (κ3) is 4.28. The molecule has 3 rings (SSSR count). The SMILES string of the molecule is Cc1ccccc1-n1c(C)nnc1SCC(=O)NCc1ccccc1. The summed E-state index contributed by atoms with van der Waals surface area (Å²) in [4.78, 5) is 12.1. The lowest BCUT2D eigenvalue weighted by Crippen LogP contribution is -2.24. The van der Waals surface area contributed by atoms with Gasteiger partial charge in [0.15, 0.2) is 5.16 Å². The van der Waals surface area contributed by atoms with Crippen LogP contribution in [0.1, 0.15) is 17.0 Å². The predicted molar refractivity (Wildman–Crippen MR) is 99.8 cm³/mol. The molecule has 0 aliphatic carbocycles. The van der Waals surface area contributed by atoms with Crippen LogP contribution in [0.15, 0.2) is 59.8 Å². The number of nitrogens with zero attached hydrogens (tertiary/aromatic N) is 3. The van der Waals surface area contributed by atoms with E-state index in [1.807, 2.05) is 60.0 Å². The Morgan fingerprint density at radius 2 is 1.76 bits per heavy atom. The van der Waals surface area contributed by atoms with Gasteiger partial charge in [-0.15, -0.1) is 10.2 Å². The first kappa shape index (κ1) is 17.2. The average molecular weight is 352 g/mol. The van der Waals surface area contributed by atoms with Gasteiger partial charge in [0, 0.05) is 6.54 Å². The highest BCUT2D eigenvalue weighted by Gasteiger charge is 2.14. The first-order valence-corrected chi connectivity index (χ1v) is 9.05. The van der Waals surface area contributed by atoms with Crippen LogP contribution < -0.4 is 5.32 Å². The van der Waals surface area contributed by atoms with Crippen LogP contribution >= 0.6 is 11.8 Å². The number of aryl methyl sites for hydroxylation is 2. The van der Waals surface area contributed by atoms with Crippen LogP contribution in [0.5, 0.6) is 0 Å². The fraction of sp³-hybridized carbons (Fsp3) is 0.211. The van der Waals surface area contributed by atoms with Crippen LogP contribution in [-0.4, -0.2) is 26.4 Å². The molecule has 6 heteroatoms. The summed E-state index contributed by atoms with van der Waals surface area (Å²) in [6.45, 7) is 4.50. The fourth-order valence-corrected chi connectivity index (χ4v) is 3.33. The standard InChI is InChI=1S/C19H20N4OS/c1-14-8-6-7-11-17(14)23-15(2)21-22-19(23)25-13-18(24)20-12-16-9-4-3-5-10-16/h3-11H,12-13H2,1-2H3,(H,20,24). The van der Waals surface area contributed by atoms with E-state index in [4.69, 9.17) is 0 Å². The van der Waals surface area contributed by atoms with Gasteiger partial charge in [0.2, 0.25) is 5.91 Å². The van der Waals surface area contributed by atoms with Gasteiger partial charge in [0.05, 0.1) is 11.4 Å². The van der Waals surface area contributed by atoms with E-state index in [0.717, 1.165) is 27.8 Å². The topological polar surface area (TPSA) is 59.8 Å². The molecule has 0 bridgehead atoms. The molecular weight excluding hydrogens is 332 g/mol. The van der Waals surface area contributed by atoms with E-state index >= 15 is 0 Å². The molecule has 5 nitrogen and oxygen atoms in total. The molecule has 1 amide bonds. The second-order valence-electron chi connectivity index (χ2n) is 5.70. The second-order valence-corrected chi connectivity index (χ2v) is 6.65. The molecule has 1 heterocycles. The molecular formula is C19H20N4OS. The van der Waals surface area contributed by atoms with E-state index in [1.165, 1.54) is 11.8 Å². The first-order chi connectivity index (χ1) is 12.1. The number of carbonyl (C=O) groups excluding carboxylic acids is 1. The number of carbonyl (C=O) groups is 1. The normalized spacial score (nSPS) is 10.6. The van der Waals surface area contributed by atoms with Gasteiger partial charge in [-0.25, -0.2) is 0 Å². The smallest absolute Gasteiger partial charge is 0.230 e. The zero-order chi connectivity index (χ0) is 17.6. The minimum absolute atomic E-state index is 0.0224. The number of benzene rings is 2. The maximum absolute atomic E-state index is 12.1. The second kappa shape index (κ2) is 7.98. The zero-order valence-corrected chi connectivity index (χ0v) is 15.1. The summed E-state index contributed by atoms with van der Waals surface area (Å²) in [6, 6.07) is 17.9. The van der Waals surface area contributed by atoms with Crippen LogP contribution in [0.3, 0.4) is 0 Å². The van der Waals surface area contributed by atoms with Crippen LogP contribution in [0.2, 0.25) is 0 Å². The quantitative estimate of drug-likeness (QED) is 0.692. The molecule has 3 aromatic rings. The lowest BCUT2D eigenvalue weighted by atomic mass is 10.2. The lowest BCUT2D eigenvalue weighted by Gasteiger charge is -2.11. The van der Waals surface area contributed by atoms with Crippen LogP contribution in [-0.2, 0) is 11.3 Å². The molecule has 0 unspecified atom stereocenters. The molecule has 1 N–H and O–H groups in total. The monoisotopic (exact) mass is 352 g/mol. The third-order valence-electron chi connectivity index (χ3n) is 3.82. The van der Waals surface area contributed by atoms with Gasteiger partial charge in [-0.1, -0.05) is 60.3 Å². The number of aromatic nitrogens is 3. The number of hydrogen-bond acceptors (Lipinski definition) is 4. The molecule has 0 aliphatic heterocycles. The highest BCUT2D eigenvalue weighted by molar-refractivity contribution is 7.99. The Morgan fingerprint density at radius 3 is 2.52 bits per heavy atom. The van der Waals surface area contributed by atoms with Gasteiger partial charge >= 0.3 is 0 Å². The Hall–Kier alpha value is -2.60. The Labute approximate surface area is 151 Å². The number of thioether (sulfide) groups is 1. The fourth-order valence-electron chi connectivity index (χ4n) is 2.51. The van der Waals surface area contributed by atoms with Crippen LogP contribution in [0.25, 0.3) is 5.69 Å². The minimum atomic E-state index is -0.0224. The zero-order valence-electron chi connectivity index (χ0n) is 14.3. The van der Waals surface area contributed by atoms with Crippen molar-refractivity contribution in [3.63, 3.8) is 0 Å². The van der Waals surface area contributed by atoms with Gasteiger partial charge in [0.25, 0.3) is 0 Å². The summed E-state index contributed by atoms with van der Waals surface area (Å²) < 4.78 is 1.99. The molecule has 0 aliphatic rings. The molecule has 128 valence electrons. The van der Waals surface area contributed by atoms with E-state index in [0.29, 0.717) is 12.3 Å². The Bertz CT molecular complexity index is 861. The number of hydrogen-bond donors (Lipinski definition) is 1. The highest BCUT2D eigenvalue weighted by Crippen LogP contribution is 2.23. The summed E-state index contributed by atoms with van der Waals surface area (Å²) in [5.41, 5.74) is 3.26. The predicted octanol–water partition coefficient (Wildman–Crippen LogP) is 3.29. The first-order valence-electron chi connectivity index (χ1n) is 8.06. The largest absolute Gasteiger partial charge is 0.351 e. The molecule has 1 aromatic heterocycles. The Kier molecular flexibility index (Phi) is 5.50. The number of nitrogens with one attached hydrogen (secondary N) is 1. The highest BCUT2D eigenvalue weighted by atomic mass is 32.2. The molecule has 0 spiro atoms. The van der Waals surface area contributed by atoms with E-state index < -0.39 is 0 Å². The van der Waals surface area contributed by atoms with Crippen LogP contribution in [0, 0.1) is 13.8 Å². The van der Waals surface area contributed by atoms with E-state index in [2.05, 4.69) is 28.5 Å². The van der Waals surface area contributed by atoms with Gasteiger partial charge in [-0.05, 0) is 31.0 Å². The number of amides is 1. The van der Waals surface area contributed by atoms with E-state index in [1.54, 1.807) is 0 Å². The van der Waals surface area contributed by atoms with E-state index in [9.17, 15) is 4.79 Å². The van der Waals surface area contributed by atoms with Crippen molar-refractivity contribution in [2.45, 2.75) is 25.5 Å². The van der Waals surface area contributed by atoms with Crippen molar-refractivity contribution in [1.82, 2.24) is 20.1 Å². The maximum Gasteiger partial charge on any atom is 0.230 e. The summed E-state index contributed by atoms with van der Waals surface area (Å²) >= 11 is 1.39. The van der Waals surface area contributed by atoms with Gasteiger partial charge in [-0.2, -0.15) is 0 Å². The van der Waals surface area contributed by atoms with Crippen molar-refractivity contribution in [1.29, 1.82) is 0 Å². The van der Waals surface area contributed by atoms with E-state index in [-0.39, 0.29) is 5.91 Å². The number of para-hydroxylation sites is 1. The molecule has 0 radical (unpaired) electrons. The maximum atomic E-state index is 12.1. The van der Waals surface area contributed by atoms with Gasteiger partial charge in [0.1, 0.15) is 5.82 Å². The molecule has 0 fully saturated rings. The summed E-state index contributed by atoms with van der Waals surface area (Å²) in [7, 11) is 0. The molecule has 0 atom stereocenters. The van der Waals surface area contributed by atoms with Crippen molar-refractivity contribution in [3.05, 3.63) is 71.5 Å². The Morgan fingerprint density at radius 1 is 1.04 bits per heavy atom. The van der Waals surface area contributed by atoms with Crippen molar-refractivity contribution < 1.29 is 4.79 Å². The molecule has 25 heavy (non-hydrogen) atoms. The molecule has 0 saturated carbocycles. The van der Waals surface area contributed by atoms with Crippen molar-refractivity contribution >= 4 is 17.7 Å². The van der Waals surface area contributed by atoms with Gasteiger partial charge < -0.3 is 5.32 Å². The van der Waals surface area contributed by atoms with Crippen molar-refractivity contribution in [3.8, 4) is 5.69 Å².